The molecule has 0 atom stereocenters. The number of aromatic hydroxyl groups is 1. The van der Waals surface area contributed by atoms with Crippen LogP contribution in [0.5, 0.6) is 23.0 Å². The van der Waals surface area contributed by atoms with E-state index in [-0.39, 0.29) is 17.3 Å². The van der Waals surface area contributed by atoms with Gasteiger partial charge >= 0.3 is 0 Å². The molecule has 0 spiro atoms. The van der Waals surface area contributed by atoms with Crippen LogP contribution in [0.25, 0.3) is 12.2 Å². The highest BCUT2D eigenvalue weighted by atomic mass is 16.5. The maximum Gasteiger partial charge on any atom is 0.185 e. The van der Waals surface area contributed by atoms with Crippen molar-refractivity contribution >= 4 is 24.7 Å². The second-order valence-corrected chi connectivity index (χ2v) is 5.10. The minimum atomic E-state index is -0.00106. The van der Waals surface area contributed by atoms with Crippen molar-refractivity contribution in [1.82, 2.24) is 0 Å². The van der Waals surface area contributed by atoms with Crippen LogP contribution in [-0.2, 0) is 9.59 Å². The van der Waals surface area contributed by atoms with E-state index in [2.05, 4.69) is 0 Å². The van der Waals surface area contributed by atoms with Crippen LogP contribution >= 0.6 is 0 Å². The number of hydrogen-bond donors (Lipinski definition) is 1. The summed E-state index contributed by atoms with van der Waals surface area (Å²) in [5.41, 5.74) is 1.37. The molecule has 134 valence electrons. The zero-order valence-corrected chi connectivity index (χ0v) is 14.3. The second kappa shape index (κ2) is 9.08. The van der Waals surface area contributed by atoms with Gasteiger partial charge in [0.25, 0.3) is 0 Å². The molecule has 0 saturated carbocycles. The average Bonchev–Trinajstić information content (AvgIpc) is 2.67. The SMILES string of the molecule is COc1cc(/C=C(\C=O)Oc2ccc(/C=C\C=O)cc2OC)ccc1O. The van der Waals surface area contributed by atoms with E-state index in [0.29, 0.717) is 29.6 Å². The fourth-order valence-corrected chi connectivity index (χ4v) is 2.19. The standard InChI is InChI=1S/C20H18O6/c1-24-19-12-15(5-7-17(19)23)10-16(13-22)26-18-8-6-14(4-3-9-21)11-20(18)25-2/h3-13,23H,1-2H3/b4-3-,16-10+. The van der Waals surface area contributed by atoms with Crippen molar-refractivity contribution in [1.29, 1.82) is 0 Å². The minimum Gasteiger partial charge on any atom is -0.504 e. The van der Waals surface area contributed by atoms with Crippen LogP contribution in [0.1, 0.15) is 11.1 Å². The highest BCUT2D eigenvalue weighted by Crippen LogP contribution is 2.31. The molecule has 0 bridgehead atoms. The number of carbonyl (C=O) groups is 2. The Morgan fingerprint density at radius 1 is 0.923 bits per heavy atom. The number of ether oxygens (including phenoxy) is 3. The van der Waals surface area contributed by atoms with Crippen molar-refractivity contribution in [3.05, 3.63) is 59.4 Å². The normalized spacial score (nSPS) is 11.2. The molecule has 2 aromatic carbocycles. The van der Waals surface area contributed by atoms with E-state index >= 15 is 0 Å². The first-order valence-corrected chi connectivity index (χ1v) is 7.63. The van der Waals surface area contributed by atoms with Gasteiger partial charge < -0.3 is 19.3 Å². The quantitative estimate of drug-likeness (QED) is 0.445. The van der Waals surface area contributed by atoms with E-state index in [4.69, 9.17) is 14.2 Å². The van der Waals surface area contributed by atoms with E-state index in [9.17, 15) is 14.7 Å². The Bertz CT molecular complexity index is 851. The lowest BCUT2D eigenvalue weighted by molar-refractivity contribution is -0.106. The van der Waals surface area contributed by atoms with Gasteiger partial charge in [-0.1, -0.05) is 18.2 Å². The Balaban J connectivity index is 2.30. The first kappa shape index (κ1) is 18.8. The van der Waals surface area contributed by atoms with E-state index in [1.807, 2.05) is 0 Å². The van der Waals surface area contributed by atoms with Crippen molar-refractivity contribution in [2.45, 2.75) is 0 Å². The van der Waals surface area contributed by atoms with Gasteiger partial charge in [0.2, 0.25) is 0 Å². The lowest BCUT2D eigenvalue weighted by atomic mass is 10.1. The molecular weight excluding hydrogens is 336 g/mol. The Labute approximate surface area is 150 Å². The van der Waals surface area contributed by atoms with E-state index < -0.39 is 0 Å². The summed E-state index contributed by atoms with van der Waals surface area (Å²) in [7, 11) is 2.91. The van der Waals surface area contributed by atoms with Crippen molar-refractivity contribution in [3.63, 3.8) is 0 Å². The Kier molecular flexibility index (Phi) is 6.56. The summed E-state index contributed by atoms with van der Waals surface area (Å²) in [6.07, 6.45) is 5.74. The third kappa shape index (κ3) is 4.73. The third-order valence-corrected chi connectivity index (χ3v) is 3.41. The predicted octanol–water partition coefficient (Wildman–Crippen LogP) is 3.24. The summed E-state index contributed by atoms with van der Waals surface area (Å²) >= 11 is 0. The van der Waals surface area contributed by atoms with Crippen LogP contribution in [0.15, 0.2) is 48.2 Å². The number of carbonyl (C=O) groups excluding carboxylic acids is 2. The van der Waals surface area contributed by atoms with Gasteiger partial charge in [-0.3, -0.25) is 9.59 Å². The Hall–Kier alpha value is -3.54. The van der Waals surface area contributed by atoms with Gasteiger partial charge in [-0.05, 0) is 47.5 Å². The molecule has 2 rings (SSSR count). The number of phenols is 1. The van der Waals surface area contributed by atoms with E-state index in [0.717, 1.165) is 5.56 Å². The molecule has 0 unspecified atom stereocenters. The lowest BCUT2D eigenvalue weighted by Gasteiger charge is -2.11. The van der Waals surface area contributed by atoms with Gasteiger partial charge in [0.15, 0.2) is 35.0 Å². The molecule has 26 heavy (non-hydrogen) atoms. The molecule has 0 heterocycles. The summed E-state index contributed by atoms with van der Waals surface area (Å²) in [5, 5.41) is 9.63. The maximum absolute atomic E-state index is 11.4. The molecule has 0 aliphatic carbocycles. The lowest BCUT2D eigenvalue weighted by Crippen LogP contribution is -1.99. The molecule has 0 aliphatic rings. The van der Waals surface area contributed by atoms with Crippen LogP contribution < -0.4 is 14.2 Å². The first-order valence-electron chi connectivity index (χ1n) is 7.63. The van der Waals surface area contributed by atoms with Crippen molar-refractivity contribution in [2.24, 2.45) is 0 Å². The Morgan fingerprint density at radius 3 is 2.27 bits per heavy atom. The van der Waals surface area contributed by atoms with Crippen LogP contribution in [0.3, 0.4) is 0 Å². The van der Waals surface area contributed by atoms with Crippen molar-refractivity contribution < 1.29 is 28.9 Å². The number of rotatable bonds is 8. The molecule has 0 amide bonds. The minimum absolute atomic E-state index is 0.00106. The topological polar surface area (TPSA) is 82.1 Å². The third-order valence-electron chi connectivity index (χ3n) is 3.41. The molecule has 0 aromatic heterocycles. The van der Waals surface area contributed by atoms with Gasteiger partial charge in [0, 0.05) is 0 Å². The second-order valence-electron chi connectivity index (χ2n) is 5.10. The van der Waals surface area contributed by atoms with Gasteiger partial charge in [0.05, 0.1) is 14.2 Å². The summed E-state index contributed by atoms with van der Waals surface area (Å²) < 4.78 is 15.9. The molecule has 2 aromatic rings. The maximum atomic E-state index is 11.4. The fraction of sp³-hybridized carbons (Fsp3) is 0.100. The smallest absolute Gasteiger partial charge is 0.185 e. The predicted molar refractivity (Wildman–Crippen MR) is 97.4 cm³/mol. The van der Waals surface area contributed by atoms with Gasteiger partial charge in [-0.25, -0.2) is 0 Å². The highest BCUT2D eigenvalue weighted by molar-refractivity contribution is 5.80. The molecule has 6 nitrogen and oxygen atoms in total. The summed E-state index contributed by atoms with van der Waals surface area (Å²) in [6, 6.07) is 9.70. The van der Waals surface area contributed by atoms with Crippen LogP contribution in [0.2, 0.25) is 0 Å². The number of phenolic OH excluding ortho intramolecular Hbond substituents is 1. The molecule has 0 saturated heterocycles. The number of hydrogen-bond acceptors (Lipinski definition) is 6. The van der Waals surface area contributed by atoms with Gasteiger partial charge in [-0.2, -0.15) is 0 Å². The number of methoxy groups -OCH3 is 2. The van der Waals surface area contributed by atoms with Gasteiger partial charge in [0.1, 0.15) is 6.29 Å². The van der Waals surface area contributed by atoms with Crippen molar-refractivity contribution in [2.75, 3.05) is 14.2 Å². The molecule has 0 aliphatic heterocycles. The zero-order valence-electron chi connectivity index (χ0n) is 14.3. The molecule has 6 heteroatoms. The number of benzene rings is 2. The van der Waals surface area contributed by atoms with Crippen LogP contribution in [0, 0.1) is 0 Å². The van der Waals surface area contributed by atoms with Crippen LogP contribution in [0.4, 0.5) is 0 Å². The number of aldehydes is 2. The van der Waals surface area contributed by atoms with Crippen LogP contribution in [-0.4, -0.2) is 31.9 Å². The summed E-state index contributed by atoms with van der Waals surface area (Å²) in [4.78, 5) is 21.8. The van der Waals surface area contributed by atoms with Crippen molar-refractivity contribution in [3.8, 4) is 23.0 Å². The fourth-order valence-electron chi connectivity index (χ4n) is 2.19. The van der Waals surface area contributed by atoms with Gasteiger partial charge in [-0.15, -0.1) is 0 Å². The average molecular weight is 354 g/mol. The molecule has 0 fully saturated rings. The molecule has 1 N–H and O–H groups in total. The largest absolute Gasteiger partial charge is 0.504 e. The molecule has 0 radical (unpaired) electrons. The van der Waals surface area contributed by atoms with E-state index in [1.54, 1.807) is 36.4 Å². The first-order chi connectivity index (χ1) is 12.6. The van der Waals surface area contributed by atoms with E-state index in [1.165, 1.54) is 32.4 Å². The zero-order chi connectivity index (χ0) is 18.9. The number of allylic oxidation sites excluding steroid dienone is 2. The molecular formula is C20H18O6. The Morgan fingerprint density at radius 2 is 1.62 bits per heavy atom. The highest BCUT2D eigenvalue weighted by Gasteiger charge is 2.09. The monoisotopic (exact) mass is 354 g/mol. The summed E-state index contributed by atoms with van der Waals surface area (Å²) in [6.45, 7) is 0. The summed E-state index contributed by atoms with van der Waals surface area (Å²) in [5.74, 6) is 1.09.